The van der Waals surface area contributed by atoms with Crippen LogP contribution < -0.4 is 0 Å². The van der Waals surface area contributed by atoms with Crippen LogP contribution in [0, 0.1) is 13.8 Å². The molecule has 0 aliphatic carbocycles. The Morgan fingerprint density at radius 3 is 2.14 bits per heavy atom. The van der Waals surface area contributed by atoms with E-state index in [4.69, 9.17) is 11.6 Å². The van der Waals surface area contributed by atoms with Crippen LogP contribution in [0.25, 0.3) is 0 Å². The molecule has 0 amide bonds. The minimum Gasteiger partial charge on any atom is -0.0838 e. The number of halogens is 1. The molecule has 0 saturated heterocycles. The molecular weight excluding hydrogens is 192 g/mol. The number of hydrogen-bond acceptors (Lipinski definition) is 0. The summed E-state index contributed by atoms with van der Waals surface area (Å²) in [6.07, 6.45) is 5.08. The van der Waals surface area contributed by atoms with Crippen molar-refractivity contribution in [1.29, 1.82) is 0 Å². The van der Waals surface area contributed by atoms with Crippen LogP contribution in [0.5, 0.6) is 0 Å². The predicted molar refractivity (Wildman–Crippen MR) is 64.2 cm³/mol. The average Bonchev–Trinajstić information content (AvgIpc) is 2.14. The molecule has 0 unspecified atom stereocenters. The van der Waals surface area contributed by atoms with Gasteiger partial charge in [-0.1, -0.05) is 43.5 Å². The van der Waals surface area contributed by atoms with Gasteiger partial charge in [0, 0.05) is 5.02 Å². The molecule has 0 aliphatic rings. The zero-order valence-corrected chi connectivity index (χ0v) is 10.1. The van der Waals surface area contributed by atoms with Gasteiger partial charge in [0.1, 0.15) is 0 Å². The summed E-state index contributed by atoms with van der Waals surface area (Å²) in [4.78, 5) is 0. The minimum atomic E-state index is 0.921. The highest BCUT2D eigenvalue weighted by Crippen LogP contribution is 2.22. The summed E-state index contributed by atoms with van der Waals surface area (Å²) in [7, 11) is 0. The third-order valence-electron chi connectivity index (χ3n) is 2.57. The van der Waals surface area contributed by atoms with Gasteiger partial charge in [0.25, 0.3) is 0 Å². The third kappa shape index (κ3) is 3.02. The van der Waals surface area contributed by atoms with Gasteiger partial charge in [-0.05, 0) is 43.4 Å². The maximum atomic E-state index is 6.11. The van der Waals surface area contributed by atoms with Crippen LogP contribution in [0.1, 0.15) is 42.9 Å². The van der Waals surface area contributed by atoms with Crippen molar-refractivity contribution < 1.29 is 0 Å². The van der Waals surface area contributed by atoms with Gasteiger partial charge in [-0.2, -0.15) is 0 Å². The van der Waals surface area contributed by atoms with Crippen molar-refractivity contribution in [3.63, 3.8) is 0 Å². The average molecular weight is 211 g/mol. The Hall–Kier alpha value is -0.490. The fourth-order valence-corrected chi connectivity index (χ4v) is 1.87. The molecule has 0 radical (unpaired) electrons. The molecule has 0 N–H and O–H groups in total. The Morgan fingerprint density at radius 1 is 1.07 bits per heavy atom. The van der Waals surface area contributed by atoms with Crippen molar-refractivity contribution in [3.8, 4) is 0 Å². The molecule has 0 saturated carbocycles. The first-order chi connectivity index (χ1) is 6.65. The maximum Gasteiger partial charge on any atom is 0.0464 e. The van der Waals surface area contributed by atoms with Crippen LogP contribution >= 0.6 is 11.6 Å². The van der Waals surface area contributed by atoms with Crippen LogP contribution in [0.4, 0.5) is 0 Å². The highest BCUT2D eigenvalue weighted by atomic mass is 35.5. The van der Waals surface area contributed by atoms with E-state index in [1.54, 1.807) is 0 Å². The van der Waals surface area contributed by atoms with Crippen LogP contribution in [0.15, 0.2) is 12.1 Å². The van der Waals surface area contributed by atoms with Crippen molar-refractivity contribution >= 4 is 11.6 Å². The zero-order valence-electron chi connectivity index (χ0n) is 9.36. The summed E-state index contributed by atoms with van der Waals surface area (Å²) < 4.78 is 0. The molecular formula is C13H19Cl. The summed E-state index contributed by atoms with van der Waals surface area (Å²) in [5, 5.41) is 0.921. The lowest BCUT2D eigenvalue weighted by molar-refractivity contribution is 0.717. The van der Waals surface area contributed by atoms with Gasteiger partial charge in [0.05, 0.1) is 0 Å². The maximum absolute atomic E-state index is 6.11. The second-order valence-corrected chi connectivity index (χ2v) is 4.38. The van der Waals surface area contributed by atoms with Gasteiger partial charge < -0.3 is 0 Å². The Bertz CT molecular complexity index is 279. The molecule has 0 atom stereocenters. The lowest BCUT2D eigenvalue weighted by Gasteiger charge is -2.07. The minimum absolute atomic E-state index is 0.921. The molecule has 0 aliphatic heterocycles. The fraction of sp³-hybridized carbons (Fsp3) is 0.538. The van der Waals surface area contributed by atoms with E-state index in [0.717, 1.165) is 5.02 Å². The van der Waals surface area contributed by atoms with Gasteiger partial charge >= 0.3 is 0 Å². The molecule has 1 heteroatoms. The number of unbranched alkanes of at least 4 members (excludes halogenated alkanes) is 2. The number of benzene rings is 1. The van der Waals surface area contributed by atoms with Gasteiger partial charge in [-0.15, -0.1) is 0 Å². The largest absolute Gasteiger partial charge is 0.0838 e. The van der Waals surface area contributed by atoms with E-state index >= 15 is 0 Å². The van der Waals surface area contributed by atoms with E-state index in [1.807, 2.05) is 0 Å². The first-order valence-corrected chi connectivity index (χ1v) is 5.78. The summed E-state index contributed by atoms with van der Waals surface area (Å²) >= 11 is 6.11. The summed E-state index contributed by atoms with van der Waals surface area (Å²) in [5.41, 5.74) is 3.84. The highest BCUT2D eigenvalue weighted by molar-refractivity contribution is 6.32. The lowest BCUT2D eigenvalue weighted by Crippen LogP contribution is -1.90. The molecule has 0 nitrogen and oxygen atoms in total. The van der Waals surface area contributed by atoms with Gasteiger partial charge in [-0.3, -0.25) is 0 Å². The second-order valence-electron chi connectivity index (χ2n) is 4.00. The van der Waals surface area contributed by atoms with Crippen molar-refractivity contribution in [2.75, 3.05) is 0 Å². The fourth-order valence-electron chi connectivity index (χ4n) is 1.76. The summed E-state index contributed by atoms with van der Waals surface area (Å²) in [6.45, 7) is 6.40. The smallest absolute Gasteiger partial charge is 0.0464 e. The standard InChI is InChI=1S/C13H19Cl/c1-4-5-6-7-12-8-10(2)13(14)11(3)9-12/h8-9H,4-7H2,1-3H3. The molecule has 0 heterocycles. The van der Waals surface area contributed by atoms with Crippen molar-refractivity contribution in [3.05, 3.63) is 33.8 Å². The SMILES string of the molecule is CCCCCc1cc(C)c(Cl)c(C)c1. The zero-order chi connectivity index (χ0) is 10.6. The molecule has 0 spiro atoms. The van der Waals surface area contributed by atoms with Crippen LogP contribution in [0.2, 0.25) is 5.02 Å². The number of rotatable bonds is 4. The van der Waals surface area contributed by atoms with Gasteiger partial charge in [0.2, 0.25) is 0 Å². The van der Waals surface area contributed by atoms with E-state index in [0.29, 0.717) is 0 Å². The topological polar surface area (TPSA) is 0 Å². The van der Waals surface area contributed by atoms with Gasteiger partial charge in [-0.25, -0.2) is 0 Å². The molecule has 1 aromatic carbocycles. The highest BCUT2D eigenvalue weighted by Gasteiger charge is 2.02. The van der Waals surface area contributed by atoms with Crippen molar-refractivity contribution in [2.45, 2.75) is 46.5 Å². The van der Waals surface area contributed by atoms with Crippen molar-refractivity contribution in [2.24, 2.45) is 0 Å². The third-order valence-corrected chi connectivity index (χ3v) is 3.16. The molecule has 1 aromatic rings. The number of aryl methyl sites for hydroxylation is 3. The summed E-state index contributed by atoms with van der Waals surface area (Å²) in [6, 6.07) is 4.43. The molecule has 0 fully saturated rings. The Balaban J connectivity index is 2.69. The summed E-state index contributed by atoms with van der Waals surface area (Å²) in [5.74, 6) is 0. The van der Waals surface area contributed by atoms with Crippen LogP contribution in [0.3, 0.4) is 0 Å². The van der Waals surface area contributed by atoms with E-state index in [1.165, 1.54) is 42.4 Å². The monoisotopic (exact) mass is 210 g/mol. The molecule has 0 bridgehead atoms. The van der Waals surface area contributed by atoms with Gasteiger partial charge in [0.15, 0.2) is 0 Å². The quantitative estimate of drug-likeness (QED) is 0.633. The van der Waals surface area contributed by atoms with E-state index in [2.05, 4.69) is 32.9 Å². The normalized spacial score (nSPS) is 10.6. The molecule has 0 aromatic heterocycles. The van der Waals surface area contributed by atoms with Crippen LogP contribution in [-0.2, 0) is 6.42 Å². The Labute approximate surface area is 92.3 Å². The molecule has 78 valence electrons. The first-order valence-electron chi connectivity index (χ1n) is 5.40. The molecule has 1 rings (SSSR count). The van der Waals surface area contributed by atoms with Crippen LogP contribution in [-0.4, -0.2) is 0 Å². The first kappa shape index (κ1) is 11.6. The van der Waals surface area contributed by atoms with Crippen molar-refractivity contribution in [1.82, 2.24) is 0 Å². The Morgan fingerprint density at radius 2 is 1.64 bits per heavy atom. The second kappa shape index (κ2) is 5.41. The van der Waals surface area contributed by atoms with E-state index in [-0.39, 0.29) is 0 Å². The predicted octanol–water partition coefficient (Wildman–Crippen LogP) is 4.69. The molecule has 14 heavy (non-hydrogen) atoms. The van der Waals surface area contributed by atoms with E-state index in [9.17, 15) is 0 Å². The lowest BCUT2D eigenvalue weighted by atomic mass is 10.0. The Kier molecular flexibility index (Phi) is 4.47. The number of hydrogen-bond donors (Lipinski definition) is 0. The van der Waals surface area contributed by atoms with E-state index < -0.39 is 0 Å².